The molecule has 0 radical (unpaired) electrons. The van der Waals surface area contributed by atoms with Crippen LogP contribution in [0.2, 0.25) is 0 Å². The van der Waals surface area contributed by atoms with E-state index in [2.05, 4.69) is 31.2 Å². The van der Waals surface area contributed by atoms with Crippen LogP contribution in [0.3, 0.4) is 0 Å². The Morgan fingerprint density at radius 1 is 1.12 bits per heavy atom. The lowest BCUT2D eigenvalue weighted by Crippen LogP contribution is -2.51. The molecule has 2 aromatic rings. The second kappa shape index (κ2) is 11.1. The minimum Gasteiger partial charge on any atom is -0.478 e. The van der Waals surface area contributed by atoms with E-state index in [4.69, 9.17) is 4.74 Å². The van der Waals surface area contributed by atoms with Crippen LogP contribution in [0, 0.1) is 5.92 Å². The van der Waals surface area contributed by atoms with E-state index in [1.165, 1.54) is 6.42 Å². The number of aromatic nitrogens is 2. The van der Waals surface area contributed by atoms with Crippen molar-refractivity contribution < 1.29 is 9.53 Å². The first-order valence-electron chi connectivity index (χ1n) is 11.7. The normalized spacial score (nSPS) is 19.6. The summed E-state index contributed by atoms with van der Waals surface area (Å²) in [6.45, 7) is 9.81. The first-order chi connectivity index (χ1) is 15.7. The third-order valence-corrected chi connectivity index (χ3v) is 6.20. The van der Waals surface area contributed by atoms with Gasteiger partial charge in [0.25, 0.3) is 0 Å². The largest absolute Gasteiger partial charge is 0.478 e. The first kappa shape index (κ1) is 22.3. The standard InChI is InChI=1S/C24H34N6O2/c1-2-32-23-16-20(8-10-26-23)17-27-24(31)30-11-5-6-21(19-30)18-28-12-14-29(15-13-28)22-7-3-4-9-25-22/h3-4,7-10,16,21H,2,5-6,11-15,17-19H2,1H3,(H,27,31). The number of hydrogen-bond acceptors (Lipinski definition) is 6. The smallest absolute Gasteiger partial charge is 0.317 e. The molecule has 4 rings (SSSR count). The van der Waals surface area contributed by atoms with E-state index in [1.807, 2.05) is 42.3 Å². The van der Waals surface area contributed by atoms with Gasteiger partial charge in [-0.1, -0.05) is 6.07 Å². The molecule has 0 aromatic carbocycles. The molecule has 4 heterocycles. The maximum Gasteiger partial charge on any atom is 0.317 e. The Morgan fingerprint density at radius 3 is 2.78 bits per heavy atom. The number of ether oxygens (including phenoxy) is 1. The van der Waals surface area contributed by atoms with Gasteiger partial charge >= 0.3 is 6.03 Å². The van der Waals surface area contributed by atoms with Crippen LogP contribution < -0.4 is 15.0 Å². The highest BCUT2D eigenvalue weighted by Crippen LogP contribution is 2.20. The van der Waals surface area contributed by atoms with E-state index in [-0.39, 0.29) is 6.03 Å². The van der Waals surface area contributed by atoms with E-state index < -0.39 is 0 Å². The van der Waals surface area contributed by atoms with Gasteiger partial charge in [-0.2, -0.15) is 0 Å². The van der Waals surface area contributed by atoms with Crippen molar-refractivity contribution in [3.63, 3.8) is 0 Å². The number of likely N-dealkylation sites (tertiary alicyclic amines) is 1. The van der Waals surface area contributed by atoms with Crippen LogP contribution in [0.1, 0.15) is 25.3 Å². The second-order valence-corrected chi connectivity index (χ2v) is 8.52. The molecule has 0 spiro atoms. The molecule has 1 unspecified atom stereocenters. The number of amides is 2. The summed E-state index contributed by atoms with van der Waals surface area (Å²) in [6, 6.07) is 9.89. The highest BCUT2D eigenvalue weighted by Gasteiger charge is 2.26. The van der Waals surface area contributed by atoms with E-state index >= 15 is 0 Å². The number of nitrogens with zero attached hydrogens (tertiary/aromatic N) is 5. The van der Waals surface area contributed by atoms with Crippen molar-refractivity contribution in [3.8, 4) is 5.88 Å². The van der Waals surface area contributed by atoms with Crippen molar-refractivity contribution >= 4 is 11.8 Å². The number of rotatable bonds is 7. The van der Waals surface area contributed by atoms with Gasteiger partial charge in [-0.3, -0.25) is 4.90 Å². The molecular weight excluding hydrogens is 404 g/mol. The van der Waals surface area contributed by atoms with Gasteiger partial charge in [-0.15, -0.1) is 0 Å². The average molecular weight is 439 g/mol. The number of anilines is 1. The minimum absolute atomic E-state index is 0.0180. The van der Waals surface area contributed by atoms with Gasteiger partial charge in [-0.25, -0.2) is 14.8 Å². The zero-order valence-electron chi connectivity index (χ0n) is 18.9. The number of piperazine rings is 1. The summed E-state index contributed by atoms with van der Waals surface area (Å²) in [7, 11) is 0. The summed E-state index contributed by atoms with van der Waals surface area (Å²) < 4.78 is 5.44. The fourth-order valence-electron chi connectivity index (χ4n) is 4.54. The predicted molar refractivity (Wildman–Crippen MR) is 125 cm³/mol. The van der Waals surface area contributed by atoms with Gasteiger partial charge in [0, 0.05) is 70.8 Å². The van der Waals surface area contributed by atoms with Crippen molar-refractivity contribution in [2.24, 2.45) is 5.92 Å². The molecule has 2 aromatic heterocycles. The van der Waals surface area contributed by atoms with Gasteiger partial charge in [0.2, 0.25) is 5.88 Å². The number of piperidine rings is 1. The quantitative estimate of drug-likeness (QED) is 0.716. The summed E-state index contributed by atoms with van der Waals surface area (Å²) in [5.74, 6) is 2.19. The summed E-state index contributed by atoms with van der Waals surface area (Å²) in [6.07, 6.45) is 5.83. The summed E-state index contributed by atoms with van der Waals surface area (Å²) in [5, 5.41) is 3.06. The maximum absolute atomic E-state index is 12.8. The zero-order valence-corrected chi connectivity index (χ0v) is 18.9. The Labute approximate surface area is 190 Å². The monoisotopic (exact) mass is 438 g/mol. The lowest BCUT2D eigenvalue weighted by Gasteiger charge is -2.39. The average Bonchev–Trinajstić information content (AvgIpc) is 2.84. The van der Waals surface area contributed by atoms with Crippen molar-refractivity contribution in [2.45, 2.75) is 26.3 Å². The van der Waals surface area contributed by atoms with E-state index in [1.54, 1.807) is 6.20 Å². The molecule has 0 bridgehead atoms. The Kier molecular flexibility index (Phi) is 7.77. The number of hydrogen-bond donors (Lipinski definition) is 1. The maximum atomic E-state index is 12.8. The van der Waals surface area contributed by atoms with Crippen molar-refractivity contribution in [2.75, 3.05) is 57.3 Å². The molecule has 0 aliphatic carbocycles. The fraction of sp³-hybridized carbons (Fsp3) is 0.542. The molecule has 2 aliphatic heterocycles. The summed E-state index contributed by atoms with van der Waals surface area (Å²) in [4.78, 5) is 28.3. The molecule has 32 heavy (non-hydrogen) atoms. The van der Waals surface area contributed by atoms with E-state index in [0.717, 1.165) is 63.6 Å². The van der Waals surface area contributed by atoms with Crippen LogP contribution in [0.25, 0.3) is 0 Å². The predicted octanol–water partition coefficient (Wildman–Crippen LogP) is 2.62. The molecular formula is C24H34N6O2. The van der Waals surface area contributed by atoms with Gasteiger partial charge in [0.1, 0.15) is 5.82 Å². The highest BCUT2D eigenvalue weighted by molar-refractivity contribution is 5.74. The lowest BCUT2D eigenvalue weighted by atomic mass is 9.97. The van der Waals surface area contributed by atoms with E-state index in [9.17, 15) is 4.79 Å². The van der Waals surface area contributed by atoms with Gasteiger partial charge < -0.3 is 19.9 Å². The van der Waals surface area contributed by atoms with Crippen molar-refractivity contribution in [1.29, 1.82) is 0 Å². The Hall–Kier alpha value is -2.87. The van der Waals surface area contributed by atoms with Crippen LogP contribution in [0.5, 0.6) is 5.88 Å². The molecule has 1 N–H and O–H groups in total. The lowest BCUT2D eigenvalue weighted by molar-refractivity contribution is 0.136. The molecule has 172 valence electrons. The van der Waals surface area contributed by atoms with Gasteiger partial charge in [0.15, 0.2) is 0 Å². The van der Waals surface area contributed by atoms with Gasteiger partial charge in [-0.05, 0) is 49.4 Å². The minimum atomic E-state index is 0.0180. The number of carbonyl (C=O) groups is 1. The molecule has 8 nitrogen and oxygen atoms in total. The van der Waals surface area contributed by atoms with E-state index in [0.29, 0.717) is 24.9 Å². The number of nitrogens with one attached hydrogen (secondary N) is 1. The third kappa shape index (κ3) is 6.09. The van der Waals surface area contributed by atoms with Gasteiger partial charge in [0.05, 0.1) is 6.61 Å². The third-order valence-electron chi connectivity index (χ3n) is 6.20. The number of carbonyl (C=O) groups excluding carboxylic acids is 1. The van der Waals surface area contributed by atoms with Crippen LogP contribution in [0.4, 0.5) is 10.6 Å². The molecule has 2 saturated heterocycles. The molecule has 1 atom stereocenters. The van der Waals surface area contributed by atoms with Crippen molar-refractivity contribution in [1.82, 2.24) is 25.1 Å². The van der Waals surface area contributed by atoms with Crippen LogP contribution in [0.15, 0.2) is 42.7 Å². The molecule has 2 fully saturated rings. The second-order valence-electron chi connectivity index (χ2n) is 8.52. The summed E-state index contributed by atoms with van der Waals surface area (Å²) in [5.41, 5.74) is 0.996. The topological polar surface area (TPSA) is 73.8 Å². The van der Waals surface area contributed by atoms with Crippen molar-refractivity contribution in [3.05, 3.63) is 48.3 Å². The van der Waals surface area contributed by atoms with Crippen LogP contribution in [-0.4, -0.2) is 78.2 Å². The molecule has 2 amide bonds. The SMILES string of the molecule is CCOc1cc(CNC(=O)N2CCCC(CN3CCN(c4ccccn4)CC3)C2)ccn1. The van der Waals surface area contributed by atoms with Crippen LogP contribution in [-0.2, 0) is 6.54 Å². The first-order valence-corrected chi connectivity index (χ1v) is 11.7. The summed E-state index contributed by atoms with van der Waals surface area (Å²) >= 11 is 0. The zero-order chi connectivity index (χ0) is 22.2. The highest BCUT2D eigenvalue weighted by atomic mass is 16.5. The Balaban J connectivity index is 1.21. The molecule has 2 aliphatic rings. The number of pyridine rings is 2. The Morgan fingerprint density at radius 2 is 2.00 bits per heavy atom. The molecule has 0 saturated carbocycles. The number of urea groups is 1. The fourth-order valence-corrected chi connectivity index (χ4v) is 4.54. The Bertz CT molecular complexity index is 857. The van der Waals surface area contributed by atoms with Crippen LogP contribution >= 0.6 is 0 Å². The molecule has 8 heteroatoms.